The average molecular weight is 353 g/mol. The van der Waals surface area contributed by atoms with E-state index in [1.165, 1.54) is 0 Å². The van der Waals surface area contributed by atoms with E-state index in [0.29, 0.717) is 5.02 Å². The van der Waals surface area contributed by atoms with Gasteiger partial charge in [-0.05, 0) is 42.8 Å². The standard InChI is InChI=1S/C17H18Cl2N2O2/c18-12-6-8-15(9-7-12)21(14-4-2-1-3-5-14)16(17(22)23)10-13(19)11-20/h1-9,13,16H,10-11,20H2,(H,22,23)/t13?,16-/m0/s1. The summed E-state index contributed by atoms with van der Waals surface area (Å²) in [4.78, 5) is 13.6. The minimum Gasteiger partial charge on any atom is -0.480 e. The van der Waals surface area contributed by atoms with E-state index in [4.69, 9.17) is 28.9 Å². The number of hydrogen-bond donors (Lipinski definition) is 2. The second-order valence-corrected chi connectivity index (χ2v) is 6.16. The monoisotopic (exact) mass is 352 g/mol. The van der Waals surface area contributed by atoms with Gasteiger partial charge in [0.25, 0.3) is 0 Å². The Morgan fingerprint density at radius 1 is 1.09 bits per heavy atom. The van der Waals surface area contributed by atoms with Crippen LogP contribution in [0.5, 0.6) is 0 Å². The molecule has 4 nitrogen and oxygen atoms in total. The van der Waals surface area contributed by atoms with Gasteiger partial charge in [0.2, 0.25) is 0 Å². The molecule has 0 bridgehead atoms. The first-order chi connectivity index (χ1) is 11.0. The molecular formula is C17H18Cl2N2O2. The van der Waals surface area contributed by atoms with E-state index in [-0.39, 0.29) is 13.0 Å². The van der Waals surface area contributed by atoms with Crippen molar-refractivity contribution in [3.63, 3.8) is 0 Å². The van der Waals surface area contributed by atoms with Gasteiger partial charge in [-0.1, -0.05) is 29.8 Å². The number of benzene rings is 2. The van der Waals surface area contributed by atoms with Crippen LogP contribution in [0.3, 0.4) is 0 Å². The third-order valence-electron chi connectivity index (χ3n) is 3.47. The van der Waals surface area contributed by atoms with Crippen molar-refractivity contribution in [2.45, 2.75) is 17.8 Å². The predicted molar refractivity (Wildman–Crippen MR) is 94.8 cm³/mol. The van der Waals surface area contributed by atoms with E-state index < -0.39 is 17.4 Å². The minimum absolute atomic E-state index is 0.217. The summed E-state index contributed by atoms with van der Waals surface area (Å²) in [5.74, 6) is -0.956. The Bertz CT molecular complexity index is 635. The number of rotatable bonds is 7. The number of carbonyl (C=O) groups is 1. The highest BCUT2D eigenvalue weighted by molar-refractivity contribution is 6.30. The highest BCUT2D eigenvalue weighted by atomic mass is 35.5. The highest BCUT2D eigenvalue weighted by Gasteiger charge is 2.29. The van der Waals surface area contributed by atoms with Crippen LogP contribution in [0.2, 0.25) is 5.02 Å². The van der Waals surface area contributed by atoms with Crippen LogP contribution in [0.1, 0.15) is 6.42 Å². The van der Waals surface area contributed by atoms with Crippen molar-refractivity contribution in [3.8, 4) is 0 Å². The number of nitrogens with two attached hydrogens (primary N) is 1. The number of nitrogens with zero attached hydrogens (tertiary/aromatic N) is 1. The van der Waals surface area contributed by atoms with E-state index in [1.807, 2.05) is 30.3 Å². The number of anilines is 2. The van der Waals surface area contributed by atoms with E-state index in [1.54, 1.807) is 29.2 Å². The summed E-state index contributed by atoms with van der Waals surface area (Å²) in [6.45, 7) is 0.217. The normalized spacial score (nSPS) is 13.3. The van der Waals surface area contributed by atoms with Gasteiger partial charge < -0.3 is 15.7 Å². The van der Waals surface area contributed by atoms with Crippen LogP contribution in [-0.4, -0.2) is 29.0 Å². The second kappa shape index (κ2) is 8.20. The second-order valence-electron chi connectivity index (χ2n) is 5.10. The maximum Gasteiger partial charge on any atom is 0.326 e. The lowest BCUT2D eigenvalue weighted by Crippen LogP contribution is -2.41. The molecule has 1 unspecified atom stereocenters. The van der Waals surface area contributed by atoms with E-state index in [9.17, 15) is 9.90 Å². The Morgan fingerprint density at radius 3 is 2.17 bits per heavy atom. The molecule has 0 radical (unpaired) electrons. The molecule has 122 valence electrons. The maximum atomic E-state index is 11.8. The van der Waals surface area contributed by atoms with Crippen LogP contribution in [0.4, 0.5) is 11.4 Å². The molecule has 23 heavy (non-hydrogen) atoms. The van der Waals surface area contributed by atoms with Crippen LogP contribution in [0.15, 0.2) is 54.6 Å². The van der Waals surface area contributed by atoms with E-state index in [2.05, 4.69) is 0 Å². The van der Waals surface area contributed by atoms with Crippen molar-refractivity contribution in [2.24, 2.45) is 5.73 Å². The molecule has 2 atom stereocenters. The summed E-state index contributed by atoms with van der Waals surface area (Å²) >= 11 is 12.1. The molecule has 2 aromatic rings. The number of para-hydroxylation sites is 1. The molecule has 0 saturated carbocycles. The average Bonchev–Trinajstić information content (AvgIpc) is 2.56. The zero-order valence-corrected chi connectivity index (χ0v) is 13.9. The fourth-order valence-corrected chi connectivity index (χ4v) is 2.65. The molecule has 3 N–H and O–H groups in total. The Morgan fingerprint density at radius 2 is 1.65 bits per heavy atom. The molecule has 0 aliphatic carbocycles. The topological polar surface area (TPSA) is 66.6 Å². The Kier molecular flexibility index (Phi) is 6.28. The number of carboxylic acids is 1. The summed E-state index contributed by atoms with van der Waals surface area (Å²) in [6, 6.07) is 15.5. The Balaban J connectivity index is 2.46. The van der Waals surface area contributed by atoms with E-state index >= 15 is 0 Å². The molecule has 0 aromatic heterocycles. The Labute approximate surface area is 145 Å². The molecule has 2 rings (SSSR count). The van der Waals surface area contributed by atoms with Gasteiger partial charge in [0, 0.05) is 28.3 Å². The van der Waals surface area contributed by atoms with Crippen LogP contribution < -0.4 is 10.6 Å². The van der Waals surface area contributed by atoms with Crippen molar-refractivity contribution >= 4 is 40.5 Å². The van der Waals surface area contributed by atoms with Crippen molar-refractivity contribution in [2.75, 3.05) is 11.4 Å². The molecule has 6 heteroatoms. The Hall–Kier alpha value is -1.75. The molecule has 2 aromatic carbocycles. The van der Waals surface area contributed by atoms with Gasteiger partial charge in [-0.2, -0.15) is 0 Å². The molecule has 0 heterocycles. The first kappa shape index (κ1) is 17.6. The van der Waals surface area contributed by atoms with Crippen molar-refractivity contribution < 1.29 is 9.90 Å². The lowest BCUT2D eigenvalue weighted by atomic mass is 10.1. The molecule has 0 aliphatic rings. The van der Waals surface area contributed by atoms with Gasteiger partial charge in [0.15, 0.2) is 0 Å². The molecule has 0 spiro atoms. The first-order valence-electron chi connectivity index (χ1n) is 7.19. The molecule has 0 fully saturated rings. The van der Waals surface area contributed by atoms with Crippen LogP contribution in [0, 0.1) is 0 Å². The number of carboxylic acid groups (broad SMARTS) is 1. The van der Waals surface area contributed by atoms with Crippen molar-refractivity contribution in [1.82, 2.24) is 0 Å². The summed E-state index contributed by atoms with van der Waals surface area (Å²) in [5, 5.41) is 9.87. The third-order valence-corrected chi connectivity index (χ3v) is 4.08. The van der Waals surface area contributed by atoms with Gasteiger partial charge in [-0.3, -0.25) is 0 Å². The zero-order valence-electron chi connectivity index (χ0n) is 12.4. The molecular weight excluding hydrogens is 335 g/mol. The molecule has 0 amide bonds. The summed E-state index contributed by atoms with van der Waals surface area (Å²) in [6.07, 6.45) is 0.227. The smallest absolute Gasteiger partial charge is 0.326 e. The van der Waals surface area contributed by atoms with Gasteiger partial charge in [-0.25, -0.2) is 4.79 Å². The number of aliphatic carboxylic acids is 1. The fraction of sp³-hybridized carbons (Fsp3) is 0.235. The van der Waals surface area contributed by atoms with Crippen LogP contribution >= 0.6 is 23.2 Å². The van der Waals surface area contributed by atoms with Crippen LogP contribution in [-0.2, 0) is 4.79 Å². The predicted octanol–water partition coefficient (Wildman–Crippen LogP) is 3.89. The van der Waals surface area contributed by atoms with E-state index in [0.717, 1.165) is 11.4 Å². The highest BCUT2D eigenvalue weighted by Crippen LogP contribution is 2.31. The largest absolute Gasteiger partial charge is 0.480 e. The molecule has 0 aliphatic heterocycles. The third kappa shape index (κ3) is 4.61. The van der Waals surface area contributed by atoms with Crippen LogP contribution in [0.25, 0.3) is 0 Å². The molecule has 0 saturated heterocycles. The van der Waals surface area contributed by atoms with Gasteiger partial charge in [-0.15, -0.1) is 11.6 Å². The lowest BCUT2D eigenvalue weighted by Gasteiger charge is -2.32. The first-order valence-corrected chi connectivity index (χ1v) is 8.01. The number of halogens is 2. The minimum atomic E-state index is -0.956. The van der Waals surface area contributed by atoms with Crippen molar-refractivity contribution in [3.05, 3.63) is 59.6 Å². The fourth-order valence-electron chi connectivity index (χ4n) is 2.35. The van der Waals surface area contributed by atoms with Gasteiger partial charge in [0.1, 0.15) is 6.04 Å². The number of hydrogen-bond acceptors (Lipinski definition) is 3. The summed E-state index contributed by atoms with van der Waals surface area (Å²) < 4.78 is 0. The summed E-state index contributed by atoms with van der Waals surface area (Å²) in [7, 11) is 0. The van der Waals surface area contributed by atoms with Gasteiger partial charge >= 0.3 is 5.97 Å². The SMILES string of the molecule is NCC(Cl)C[C@@H](C(=O)O)N(c1ccccc1)c1ccc(Cl)cc1. The van der Waals surface area contributed by atoms with Crippen molar-refractivity contribution in [1.29, 1.82) is 0 Å². The maximum absolute atomic E-state index is 11.8. The zero-order chi connectivity index (χ0) is 16.8. The quantitative estimate of drug-likeness (QED) is 0.741. The summed E-state index contributed by atoms with van der Waals surface area (Å²) in [5.41, 5.74) is 7.05. The van der Waals surface area contributed by atoms with Gasteiger partial charge in [0.05, 0.1) is 0 Å². The lowest BCUT2D eigenvalue weighted by molar-refractivity contribution is -0.138. The number of alkyl halides is 1.